The molecule has 0 saturated carbocycles. The van der Waals surface area contributed by atoms with Gasteiger partial charge in [0, 0.05) is 24.9 Å². The van der Waals surface area contributed by atoms with Crippen molar-refractivity contribution in [2.45, 2.75) is 6.92 Å². The average Bonchev–Trinajstić information content (AvgIpc) is 3.11. The molecule has 0 fully saturated rings. The van der Waals surface area contributed by atoms with E-state index in [0.717, 1.165) is 5.52 Å². The predicted octanol–water partition coefficient (Wildman–Crippen LogP) is 4.11. The standard InChI is InChI=1S/C19H18N4O2/c1-14(11-12-20-15(2)24-3)18-21-19(17-10-7-13-23(17)22-18)25-16-8-5-4-6-9-16/h4-13H,1H2,2-3H3/b12-11-,20-15?. The van der Waals surface area contributed by atoms with Gasteiger partial charge in [-0.1, -0.05) is 24.8 Å². The SMILES string of the molecule is C=C(/C=C\N=C(C)OC)c1nc(Oc2ccccc2)c2cccn2n1. The van der Waals surface area contributed by atoms with Crippen molar-refractivity contribution in [2.75, 3.05) is 7.11 Å². The molecule has 2 aromatic heterocycles. The number of fused-ring (bicyclic) bond motifs is 1. The van der Waals surface area contributed by atoms with Crippen LogP contribution in [0.25, 0.3) is 11.1 Å². The van der Waals surface area contributed by atoms with Gasteiger partial charge in [-0.15, -0.1) is 5.10 Å². The highest BCUT2D eigenvalue weighted by atomic mass is 16.5. The van der Waals surface area contributed by atoms with Gasteiger partial charge in [-0.25, -0.2) is 9.51 Å². The van der Waals surface area contributed by atoms with Crippen LogP contribution in [0.15, 0.2) is 72.5 Å². The summed E-state index contributed by atoms with van der Waals surface area (Å²) in [5.74, 6) is 2.18. The molecule has 3 aromatic rings. The molecule has 0 aliphatic heterocycles. The first-order valence-corrected chi connectivity index (χ1v) is 7.70. The molecule has 126 valence electrons. The highest BCUT2D eigenvalue weighted by Crippen LogP contribution is 2.25. The fourth-order valence-corrected chi connectivity index (χ4v) is 2.08. The maximum absolute atomic E-state index is 5.92. The molecule has 3 rings (SSSR count). The maximum Gasteiger partial charge on any atom is 0.247 e. The second kappa shape index (κ2) is 7.44. The van der Waals surface area contributed by atoms with Gasteiger partial charge in [0.05, 0.1) is 7.11 Å². The van der Waals surface area contributed by atoms with Crippen LogP contribution >= 0.6 is 0 Å². The van der Waals surface area contributed by atoms with Gasteiger partial charge in [-0.2, -0.15) is 4.98 Å². The quantitative estimate of drug-likeness (QED) is 0.400. The molecule has 0 unspecified atom stereocenters. The van der Waals surface area contributed by atoms with Crippen LogP contribution in [0.1, 0.15) is 12.7 Å². The summed E-state index contributed by atoms with van der Waals surface area (Å²) in [4.78, 5) is 8.61. The van der Waals surface area contributed by atoms with E-state index in [1.807, 2.05) is 48.7 Å². The van der Waals surface area contributed by atoms with Crippen LogP contribution in [0.3, 0.4) is 0 Å². The Balaban J connectivity index is 1.93. The van der Waals surface area contributed by atoms with Crippen molar-refractivity contribution in [1.29, 1.82) is 0 Å². The zero-order valence-corrected chi connectivity index (χ0v) is 14.1. The Morgan fingerprint density at radius 2 is 2.00 bits per heavy atom. The zero-order valence-electron chi connectivity index (χ0n) is 14.1. The number of aliphatic imine (C=N–C) groups is 1. The minimum absolute atomic E-state index is 0.455. The molecule has 2 heterocycles. The first kappa shape index (κ1) is 16.4. The van der Waals surface area contributed by atoms with Crippen molar-refractivity contribution in [3.8, 4) is 11.6 Å². The highest BCUT2D eigenvalue weighted by molar-refractivity contribution is 5.74. The largest absolute Gasteiger partial charge is 0.484 e. The molecule has 0 atom stereocenters. The summed E-state index contributed by atoms with van der Waals surface area (Å²) in [5.41, 5.74) is 1.39. The lowest BCUT2D eigenvalue weighted by Gasteiger charge is -2.08. The molecule has 0 amide bonds. The van der Waals surface area contributed by atoms with Crippen molar-refractivity contribution in [2.24, 2.45) is 4.99 Å². The normalized spacial score (nSPS) is 11.8. The number of para-hydroxylation sites is 1. The summed E-state index contributed by atoms with van der Waals surface area (Å²) >= 11 is 0. The lowest BCUT2D eigenvalue weighted by Crippen LogP contribution is -2.02. The monoisotopic (exact) mass is 334 g/mol. The molecule has 1 aromatic carbocycles. The predicted molar refractivity (Wildman–Crippen MR) is 97.8 cm³/mol. The molecule has 0 aliphatic rings. The minimum Gasteiger partial charge on any atom is -0.484 e. The first-order valence-electron chi connectivity index (χ1n) is 7.70. The van der Waals surface area contributed by atoms with Gasteiger partial charge >= 0.3 is 0 Å². The van der Waals surface area contributed by atoms with Crippen LogP contribution in [0, 0.1) is 0 Å². The summed E-state index contributed by atoms with van der Waals surface area (Å²) in [6.07, 6.45) is 5.16. The molecule has 0 bridgehead atoms. The number of methoxy groups -OCH3 is 1. The number of aromatic nitrogens is 3. The molecule has 0 radical (unpaired) electrons. The van der Waals surface area contributed by atoms with Gasteiger partial charge in [0.15, 0.2) is 11.7 Å². The average molecular weight is 334 g/mol. The number of benzene rings is 1. The van der Waals surface area contributed by atoms with E-state index in [1.165, 1.54) is 0 Å². The van der Waals surface area contributed by atoms with Crippen LogP contribution < -0.4 is 4.74 Å². The number of hydrogen-bond acceptors (Lipinski definition) is 5. The van der Waals surface area contributed by atoms with E-state index in [1.54, 1.807) is 30.8 Å². The fraction of sp³-hybridized carbons (Fsp3) is 0.105. The van der Waals surface area contributed by atoms with Crippen LogP contribution in [-0.4, -0.2) is 27.6 Å². The number of allylic oxidation sites excluding steroid dienone is 2. The van der Waals surface area contributed by atoms with Gasteiger partial charge < -0.3 is 9.47 Å². The van der Waals surface area contributed by atoms with Gasteiger partial charge in [0.2, 0.25) is 5.88 Å². The van der Waals surface area contributed by atoms with Gasteiger partial charge in [-0.3, -0.25) is 0 Å². The second-order valence-corrected chi connectivity index (χ2v) is 5.19. The Hall–Kier alpha value is -3.41. The lowest BCUT2D eigenvalue weighted by molar-refractivity contribution is 0.400. The van der Waals surface area contributed by atoms with E-state index in [9.17, 15) is 0 Å². The van der Waals surface area contributed by atoms with Crippen molar-refractivity contribution in [1.82, 2.24) is 14.6 Å². The molecule has 6 heteroatoms. The Labute approximate surface area is 145 Å². The second-order valence-electron chi connectivity index (χ2n) is 5.19. The van der Waals surface area contributed by atoms with Crippen LogP contribution in [-0.2, 0) is 4.74 Å². The topological polar surface area (TPSA) is 61.0 Å². The Kier molecular flexibility index (Phi) is 4.89. The van der Waals surface area contributed by atoms with Crippen molar-refractivity contribution >= 4 is 17.0 Å². The number of ether oxygens (including phenoxy) is 2. The van der Waals surface area contributed by atoms with E-state index in [0.29, 0.717) is 28.9 Å². The first-order chi connectivity index (χ1) is 12.2. The Morgan fingerprint density at radius 3 is 2.76 bits per heavy atom. The number of nitrogens with zero attached hydrogens (tertiary/aromatic N) is 4. The van der Waals surface area contributed by atoms with Crippen LogP contribution in [0.2, 0.25) is 0 Å². The third-order valence-corrected chi connectivity index (χ3v) is 3.43. The molecular formula is C19H18N4O2. The van der Waals surface area contributed by atoms with Gasteiger partial charge in [-0.05, 0) is 30.3 Å². The molecule has 0 spiro atoms. The smallest absolute Gasteiger partial charge is 0.247 e. The van der Waals surface area contributed by atoms with E-state index in [2.05, 4.69) is 21.7 Å². The van der Waals surface area contributed by atoms with Gasteiger partial charge in [0.25, 0.3) is 0 Å². The summed E-state index contributed by atoms with van der Waals surface area (Å²) in [6, 6.07) is 13.3. The summed E-state index contributed by atoms with van der Waals surface area (Å²) in [7, 11) is 1.57. The van der Waals surface area contributed by atoms with Crippen molar-refractivity contribution in [3.05, 3.63) is 73.3 Å². The third kappa shape index (κ3) is 3.92. The van der Waals surface area contributed by atoms with E-state index in [4.69, 9.17) is 9.47 Å². The fourth-order valence-electron chi connectivity index (χ4n) is 2.08. The zero-order chi connectivity index (χ0) is 17.6. The van der Waals surface area contributed by atoms with E-state index < -0.39 is 0 Å². The van der Waals surface area contributed by atoms with E-state index >= 15 is 0 Å². The van der Waals surface area contributed by atoms with Crippen molar-refractivity contribution < 1.29 is 9.47 Å². The Bertz CT molecular complexity index is 942. The maximum atomic E-state index is 5.92. The Morgan fingerprint density at radius 1 is 1.20 bits per heavy atom. The molecule has 0 aliphatic carbocycles. The summed E-state index contributed by atoms with van der Waals surface area (Å²) in [6.45, 7) is 5.76. The molecule has 25 heavy (non-hydrogen) atoms. The molecular weight excluding hydrogens is 316 g/mol. The van der Waals surface area contributed by atoms with Crippen LogP contribution in [0.5, 0.6) is 11.6 Å². The highest BCUT2D eigenvalue weighted by Gasteiger charge is 2.11. The number of hydrogen-bond donors (Lipinski definition) is 0. The minimum atomic E-state index is 0.455. The molecule has 0 N–H and O–H groups in total. The van der Waals surface area contributed by atoms with Crippen LogP contribution in [0.4, 0.5) is 0 Å². The lowest BCUT2D eigenvalue weighted by atomic mass is 10.3. The molecule has 0 saturated heterocycles. The molecule has 6 nitrogen and oxygen atoms in total. The number of rotatable bonds is 5. The third-order valence-electron chi connectivity index (χ3n) is 3.43. The van der Waals surface area contributed by atoms with Gasteiger partial charge in [0.1, 0.15) is 11.3 Å². The summed E-state index contributed by atoms with van der Waals surface area (Å²) in [5, 5.41) is 4.45. The van der Waals surface area contributed by atoms with Crippen molar-refractivity contribution in [3.63, 3.8) is 0 Å². The summed E-state index contributed by atoms with van der Waals surface area (Å²) < 4.78 is 12.6. The van der Waals surface area contributed by atoms with E-state index in [-0.39, 0.29) is 0 Å².